The summed E-state index contributed by atoms with van der Waals surface area (Å²) in [5, 5.41) is 10.4. The lowest BCUT2D eigenvalue weighted by Crippen LogP contribution is -2.33. The highest BCUT2D eigenvalue weighted by Gasteiger charge is 2.52. The number of hydrogen-bond donors (Lipinski definition) is 0. The molecule has 1 aliphatic carbocycles. The van der Waals surface area contributed by atoms with Crippen LogP contribution in [0.25, 0.3) is 104 Å². The molecule has 0 amide bonds. The number of furan rings is 2. The molecular formula is C82H56F2N2O2. The molecule has 4 nitrogen and oxygen atoms in total. The topological polar surface area (TPSA) is 34.5 Å². The molecule has 420 valence electrons. The highest BCUT2D eigenvalue weighted by Crippen LogP contribution is 2.64. The number of benzene rings is 13. The van der Waals surface area contributed by atoms with Gasteiger partial charge < -0.3 is 18.3 Å². The molecule has 4 heterocycles. The van der Waals surface area contributed by atoms with Gasteiger partial charge in [-0.15, -0.1) is 0 Å². The smallest absolute Gasteiger partial charge is 0.171 e. The van der Waals surface area contributed by atoms with Gasteiger partial charge in [0.15, 0.2) is 28.4 Å². The lowest BCUT2D eigenvalue weighted by molar-refractivity contribution is 0.580. The van der Waals surface area contributed by atoms with Crippen molar-refractivity contribution >= 4 is 104 Å². The van der Waals surface area contributed by atoms with Gasteiger partial charge in [-0.25, -0.2) is 8.78 Å². The van der Waals surface area contributed by atoms with Crippen molar-refractivity contribution in [3.63, 3.8) is 0 Å². The van der Waals surface area contributed by atoms with Crippen LogP contribution in [0.1, 0.15) is 69.8 Å². The van der Waals surface area contributed by atoms with E-state index in [1.165, 1.54) is 89.3 Å². The van der Waals surface area contributed by atoms with Crippen LogP contribution < -0.4 is 4.90 Å². The van der Waals surface area contributed by atoms with Crippen molar-refractivity contribution in [2.24, 2.45) is 0 Å². The fourth-order valence-electron chi connectivity index (χ4n) is 15.7. The Labute approximate surface area is 506 Å². The third-order valence-electron chi connectivity index (χ3n) is 19.7. The Morgan fingerprint density at radius 3 is 1.64 bits per heavy atom. The summed E-state index contributed by atoms with van der Waals surface area (Å²) in [7, 11) is 0. The minimum Gasteiger partial charge on any atom is -0.453 e. The molecule has 1 aliphatic heterocycles. The second kappa shape index (κ2) is 19.2. The first-order valence-corrected chi connectivity index (χ1v) is 30.8. The summed E-state index contributed by atoms with van der Waals surface area (Å²) in [6.07, 6.45) is 3.25. The number of nitrogens with zero attached hydrogens (tertiary/aromatic N) is 2. The molecule has 13 aromatic carbocycles. The Balaban J connectivity index is 0.938. The van der Waals surface area contributed by atoms with Gasteiger partial charge in [-0.1, -0.05) is 202 Å². The van der Waals surface area contributed by atoms with Crippen LogP contribution in [-0.4, -0.2) is 4.57 Å². The maximum absolute atomic E-state index is 16.0. The molecule has 6 heteroatoms. The van der Waals surface area contributed by atoms with Crippen LogP contribution in [0.3, 0.4) is 0 Å². The van der Waals surface area contributed by atoms with Crippen LogP contribution in [0, 0.1) is 11.6 Å². The van der Waals surface area contributed by atoms with Crippen molar-refractivity contribution in [2.75, 3.05) is 4.90 Å². The first kappa shape index (κ1) is 50.7. The summed E-state index contributed by atoms with van der Waals surface area (Å²) < 4.78 is 47.2. The quantitative estimate of drug-likeness (QED) is 0.137. The number of para-hydroxylation sites is 5. The number of halogens is 2. The van der Waals surface area contributed by atoms with E-state index in [-0.39, 0.29) is 17.3 Å². The predicted octanol–water partition coefficient (Wildman–Crippen LogP) is 22.0. The minimum atomic E-state index is -0.806. The van der Waals surface area contributed by atoms with Crippen LogP contribution in [0.5, 0.6) is 0 Å². The summed E-state index contributed by atoms with van der Waals surface area (Å²) in [4.78, 5) is 2.34. The number of aromatic nitrogens is 1. The van der Waals surface area contributed by atoms with Crippen LogP contribution in [-0.2, 0) is 31.1 Å². The van der Waals surface area contributed by atoms with E-state index < -0.39 is 11.2 Å². The molecule has 16 aromatic rings. The number of rotatable bonds is 10. The molecule has 2 aliphatic rings. The summed E-state index contributed by atoms with van der Waals surface area (Å²) in [5.74, 6) is -0.710. The molecule has 0 N–H and O–H groups in total. The number of fused-ring (bicyclic) bond motifs is 22. The van der Waals surface area contributed by atoms with Crippen LogP contribution >= 0.6 is 0 Å². The number of anilines is 3. The Bertz CT molecular complexity index is 5500. The van der Waals surface area contributed by atoms with Crippen molar-refractivity contribution in [1.29, 1.82) is 0 Å². The van der Waals surface area contributed by atoms with Gasteiger partial charge in [0.05, 0.1) is 27.8 Å². The van der Waals surface area contributed by atoms with Gasteiger partial charge >= 0.3 is 0 Å². The third-order valence-corrected chi connectivity index (χ3v) is 19.7. The van der Waals surface area contributed by atoms with Crippen LogP contribution in [0.4, 0.5) is 25.8 Å². The lowest BCUT2D eigenvalue weighted by Gasteiger charge is -2.40. The van der Waals surface area contributed by atoms with Gasteiger partial charge in [0.25, 0.3) is 0 Å². The summed E-state index contributed by atoms with van der Waals surface area (Å²) in [5.41, 5.74) is 20.6. The van der Waals surface area contributed by atoms with E-state index in [1.54, 1.807) is 12.1 Å². The summed E-state index contributed by atoms with van der Waals surface area (Å²) in [6, 6.07) is 89.2. The van der Waals surface area contributed by atoms with Gasteiger partial charge in [0.1, 0.15) is 5.58 Å². The van der Waals surface area contributed by atoms with E-state index in [4.69, 9.17) is 8.83 Å². The van der Waals surface area contributed by atoms with Gasteiger partial charge in [-0.3, -0.25) is 0 Å². The largest absolute Gasteiger partial charge is 0.453 e. The molecule has 3 aromatic heterocycles. The maximum Gasteiger partial charge on any atom is 0.171 e. The zero-order chi connectivity index (χ0) is 58.5. The van der Waals surface area contributed by atoms with Crippen molar-refractivity contribution in [2.45, 2.75) is 50.9 Å². The fraction of sp³-hybridized carbons (Fsp3) is 0.0976. The van der Waals surface area contributed by atoms with Gasteiger partial charge in [-0.2, -0.15) is 0 Å². The van der Waals surface area contributed by atoms with E-state index in [0.717, 1.165) is 96.5 Å². The highest BCUT2D eigenvalue weighted by atomic mass is 19.1. The predicted molar refractivity (Wildman–Crippen MR) is 358 cm³/mol. The first-order valence-electron chi connectivity index (χ1n) is 30.8. The summed E-state index contributed by atoms with van der Waals surface area (Å²) >= 11 is 0. The summed E-state index contributed by atoms with van der Waals surface area (Å²) in [6.45, 7) is 4.39. The molecule has 1 atom stereocenters. The standard InChI is InChI=1S/C82H56F2N2O2/c1-3-48-29-34-51(35-30-48)55(45-54-17-11-20-60-61-21-12-25-70(83)79(61)87-78(54)60)43-50-33-42-72-64(44-50)65-46-57(85(56-38-31-49(4-2)32-39-56)74-28-14-23-63-62-22-13-26-71(84)80(62)88-81(63)74)47-69-77(65)86(72)73-27-10-9-24-66(73)82(69)67-40-36-52-15-5-7-18-58(52)75(67)76-59-19-8-6-16-53(59)37-41-68(76)82/h5-42,44,46-47,55H,3-4,43,45H2,1-2H3/t55-/m0/s1. The average Bonchev–Trinajstić information content (AvgIpc) is 1.47. The Kier molecular flexibility index (Phi) is 11.1. The van der Waals surface area contributed by atoms with Crippen LogP contribution in [0.15, 0.2) is 258 Å². The molecule has 18 rings (SSSR count). The van der Waals surface area contributed by atoms with Crippen molar-refractivity contribution in [3.05, 3.63) is 310 Å². The molecule has 0 radical (unpaired) electrons. The van der Waals surface area contributed by atoms with Gasteiger partial charge in [-0.05, 0) is 175 Å². The molecule has 88 heavy (non-hydrogen) atoms. The second-order valence-electron chi connectivity index (χ2n) is 24.2. The lowest BCUT2D eigenvalue weighted by atomic mass is 9.65. The van der Waals surface area contributed by atoms with E-state index >= 15 is 8.78 Å². The molecule has 0 fully saturated rings. The minimum absolute atomic E-state index is 0.0398. The third kappa shape index (κ3) is 7.17. The Hall–Kier alpha value is -10.6. The van der Waals surface area contributed by atoms with E-state index in [0.29, 0.717) is 17.6 Å². The number of aryl methyl sites for hydroxylation is 2. The van der Waals surface area contributed by atoms with E-state index in [9.17, 15) is 0 Å². The maximum atomic E-state index is 16.0. The first-order chi connectivity index (χ1) is 43.4. The van der Waals surface area contributed by atoms with Crippen molar-refractivity contribution in [1.82, 2.24) is 4.57 Å². The average molecular weight is 1140 g/mol. The molecule has 0 saturated heterocycles. The second-order valence-corrected chi connectivity index (χ2v) is 24.2. The highest BCUT2D eigenvalue weighted by molar-refractivity contribution is 6.18. The van der Waals surface area contributed by atoms with Crippen molar-refractivity contribution in [3.8, 4) is 16.8 Å². The fourth-order valence-corrected chi connectivity index (χ4v) is 15.7. The normalized spacial score (nSPS) is 13.5. The molecule has 0 unspecified atom stereocenters. The van der Waals surface area contributed by atoms with E-state index in [2.05, 4.69) is 224 Å². The molecule has 0 bridgehead atoms. The SMILES string of the molecule is CCc1ccc([C@@H](Cc2ccc3c(c2)c2cc(N(c4ccc(CC)cc4)c4cccc5c4oc4c(F)cccc45)cc4c2n3-c2ccccc2C42c3ccc4ccccc4c3-c3c2ccc2ccccc32)Cc2cccc3c2oc2c(F)cccc23)cc1. The van der Waals surface area contributed by atoms with Gasteiger partial charge in [0.2, 0.25) is 0 Å². The zero-order valence-electron chi connectivity index (χ0n) is 48.5. The Morgan fingerprint density at radius 2 is 0.966 bits per heavy atom. The van der Waals surface area contributed by atoms with Crippen molar-refractivity contribution < 1.29 is 17.6 Å². The molecular weight excluding hydrogens is 1080 g/mol. The molecule has 1 spiro atoms. The van der Waals surface area contributed by atoms with Gasteiger partial charge in [0, 0.05) is 43.7 Å². The van der Waals surface area contributed by atoms with E-state index in [1.807, 2.05) is 24.3 Å². The molecule has 0 saturated carbocycles. The zero-order valence-corrected chi connectivity index (χ0v) is 48.5. The number of hydrogen-bond acceptors (Lipinski definition) is 3. The monoisotopic (exact) mass is 1140 g/mol. The Morgan fingerprint density at radius 1 is 0.409 bits per heavy atom. The van der Waals surface area contributed by atoms with Crippen LogP contribution in [0.2, 0.25) is 0 Å².